The van der Waals surface area contributed by atoms with Crippen LogP contribution in [-0.4, -0.2) is 19.3 Å². The Balaban J connectivity index is 3.70. The molecule has 0 radical (unpaired) electrons. The molecule has 2 atom stereocenters. The van der Waals surface area contributed by atoms with E-state index in [0.29, 0.717) is 0 Å². The lowest BCUT2D eigenvalue weighted by molar-refractivity contribution is 0.0734. The molecule has 0 aromatic heterocycles. The third-order valence-electron chi connectivity index (χ3n) is 1.79. The van der Waals surface area contributed by atoms with Gasteiger partial charge in [-0.05, 0) is 12.8 Å². The fourth-order valence-electron chi connectivity index (χ4n) is 1.14. The van der Waals surface area contributed by atoms with Crippen molar-refractivity contribution in [2.45, 2.75) is 38.3 Å². The lowest BCUT2D eigenvalue weighted by Gasteiger charge is -2.20. The van der Waals surface area contributed by atoms with Gasteiger partial charge in [-0.25, -0.2) is 0 Å². The van der Waals surface area contributed by atoms with Crippen LogP contribution in [-0.2, 0) is 4.74 Å². The summed E-state index contributed by atoms with van der Waals surface area (Å²) in [5.74, 6) is 0. The highest BCUT2D eigenvalue weighted by atomic mass is 16.5. The number of methoxy groups -OCH3 is 1. The molecule has 0 heterocycles. The average molecular weight is 157 g/mol. The first-order valence-electron chi connectivity index (χ1n) is 4.15. The van der Waals surface area contributed by atoms with Gasteiger partial charge in [0.25, 0.3) is 0 Å². The molecule has 0 aliphatic rings. The van der Waals surface area contributed by atoms with Gasteiger partial charge in [0.2, 0.25) is 0 Å². The van der Waals surface area contributed by atoms with Gasteiger partial charge in [-0.3, -0.25) is 0 Å². The molecule has 0 aromatic rings. The fraction of sp³-hybridized carbons (Fsp3) is 0.778. The van der Waals surface area contributed by atoms with Crippen LogP contribution in [0.5, 0.6) is 0 Å². The highest BCUT2D eigenvalue weighted by Crippen LogP contribution is 2.07. The predicted molar refractivity (Wildman–Crippen MR) is 48.5 cm³/mol. The van der Waals surface area contributed by atoms with Crippen molar-refractivity contribution in [3.8, 4) is 0 Å². The van der Waals surface area contributed by atoms with Gasteiger partial charge >= 0.3 is 0 Å². The summed E-state index contributed by atoms with van der Waals surface area (Å²) < 4.78 is 5.23. The Labute approximate surface area is 69.4 Å². The van der Waals surface area contributed by atoms with Gasteiger partial charge in [0.1, 0.15) is 0 Å². The zero-order chi connectivity index (χ0) is 8.69. The van der Waals surface area contributed by atoms with Crippen molar-refractivity contribution in [3.63, 3.8) is 0 Å². The minimum Gasteiger partial charge on any atom is -0.380 e. The number of hydrogen-bond acceptors (Lipinski definition) is 2. The highest BCUT2D eigenvalue weighted by Gasteiger charge is 2.13. The summed E-state index contributed by atoms with van der Waals surface area (Å²) in [7, 11) is 1.71. The molecule has 0 bridgehead atoms. The third kappa shape index (κ3) is 4.17. The summed E-state index contributed by atoms with van der Waals surface area (Å²) in [5.41, 5.74) is 5.83. The Morgan fingerprint density at radius 2 is 2.27 bits per heavy atom. The monoisotopic (exact) mass is 157 g/mol. The van der Waals surface area contributed by atoms with E-state index in [1.54, 1.807) is 7.11 Å². The minimum absolute atomic E-state index is 0.109. The minimum atomic E-state index is 0.109. The topological polar surface area (TPSA) is 35.2 Å². The zero-order valence-corrected chi connectivity index (χ0v) is 7.55. The van der Waals surface area contributed by atoms with E-state index in [4.69, 9.17) is 10.5 Å². The van der Waals surface area contributed by atoms with Crippen LogP contribution in [0.25, 0.3) is 0 Å². The summed E-state index contributed by atoms with van der Waals surface area (Å²) in [4.78, 5) is 0. The molecule has 2 unspecified atom stereocenters. The molecular formula is C9H19NO. The summed E-state index contributed by atoms with van der Waals surface area (Å²) in [6.07, 6.45) is 5.01. The van der Waals surface area contributed by atoms with Gasteiger partial charge < -0.3 is 10.5 Å². The Bertz CT molecular complexity index is 104. The largest absolute Gasteiger partial charge is 0.380 e. The van der Waals surface area contributed by atoms with E-state index in [1.807, 2.05) is 6.08 Å². The SMILES string of the molecule is C=CCC(N)C(CCC)OC. The Hall–Kier alpha value is -0.340. The quantitative estimate of drug-likeness (QED) is 0.596. The number of hydrogen-bond donors (Lipinski definition) is 1. The van der Waals surface area contributed by atoms with Crippen molar-refractivity contribution in [2.24, 2.45) is 5.73 Å². The van der Waals surface area contributed by atoms with Gasteiger partial charge in [0, 0.05) is 13.2 Å². The first-order chi connectivity index (χ1) is 5.26. The molecule has 2 heteroatoms. The van der Waals surface area contributed by atoms with E-state index in [0.717, 1.165) is 19.3 Å². The molecule has 2 N–H and O–H groups in total. The van der Waals surface area contributed by atoms with Crippen LogP contribution < -0.4 is 5.73 Å². The van der Waals surface area contributed by atoms with Gasteiger partial charge in [0.05, 0.1) is 6.10 Å². The van der Waals surface area contributed by atoms with E-state index < -0.39 is 0 Å². The molecular weight excluding hydrogens is 138 g/mol. The lowest BCUT2D eigenvalue weighted by atomic mass is 10.0. The maximum Gasteiger partial charge on any atom is 0.0725 e. The Kier molecular flexibility index (Phi) is 6.18. The third-order valence-corrected chi connectivity index (χ3v) is 1.79. The van der Waals surface area contributed by atoms with Gasteiger partial charge in [-0.2, -0.15) is 0 Å². The fourth-order valence-corrected chi connectivity index (χ4v) is 1.14. The molecule has 0 fully saturated rings. The molecule has 11 heavy (non-hydrogen) atoms. The van der Waals surface area contributed by atoms with Gasteiger partial charge in [0.15, 0.2) is 0 Å². The standard InChI is InChI=1S/C9H19NO/c1-4-6-8(10)9(11-3)7-5-2/h4,8-9H,1,5-7,10H2,2-3H3. The zero-order valence-electron chi connectivity index (χ0n) is 7.55. The molecule has 0 aliphatic heterocycles. The van der Waals surface area contributed by atoms with Crippen molar-refractivity contribution in [1.82, 2.24) is 0 Å². The molecule has 2 nitrogen and oxygen atoms in total. The smallest absolute Gasteiger partial charge is 0.0725 e. The first-order valence-corrected chi connectivity index (χ1v) is 4.15. The highest BCUT2D eigenvalue weighted by molar-refractivity contribution is 4.81. The number of nitrogens with two attached hydrogens (primary N) is 1. The average Bonchev–Trinajstić information content (AvgIpc) is 2.00. The summed E-state index contributed by atoms with van der Waals surface area (Å²) in [5, 5.41) is 0. The molecule has 0 saturated carbocycles. The lowest BCUT2D eigenvalue weighted by Crippen LogP contribution is -2.35. The van der Waals surface area contributed by atoms with E-state index in [9.17, 15) is 0 Å². The number of rotatable bonds is 6. The predicted octanol–water partition coefficient (Wildman–Crippen LogP) is 1.70. The van der Waals surface area contributed by atoms with Crippen LogP contribution in [0.2, 0.25) is 0 Å². The van der Waals surface area contributed by atoms with Crippen molar-refractivity contribution in [1.29, 1.82) is 0 Å². The summed E-state index contributed by atoms with van der Waals surface area (Å²) >= 11 is 0. The van der Waals surface area contributed by atoms with E-state index in [-0.39, 0.29) is 12.1 Å². The molecule has 0 rings (SSSR count). The Morgan fingerprint density at radius 1 is 1.64 bits per heavy atom. The van der Waals surface area contributed by atoms with Crippen LogP contribution in [0, 0.1) is 0 Å². The van der Waals surface area contributed by atoms with Crippen LogP contribution in [0.4, 0.5) is 0 Å². The normalized spacial score (nSPS) is 15.9. The van der Waals surface area contributed by atoms with E-state index in [1.165, 1.54) is 0 Å². The van der Waals surface area contributed by atoms with Crippen molar-refractivity contribution < 1.29 is 4.74 Å². The number of ether oxygens (including phenoxy) is 1. The summed E-state index contributed by atoms with van der Waals surface area (Å²) in [6, 6.07) is 0.109. The molecule has 66 valence electrons. The van der Waals surface area contributed by atoms with E-state index >= 15 is 0 Å². The maximum absolute atomic E-state index is 5.83. The maximum atomic E-state index is 5.83. The molecule has 0 saturated heterocycles. The van der Waals surface area contributed by atoms with Crippen LogP contribution >= 0.6 is 0 Å². The first kappa shape index (κ1) is 10.7. The van der Waals surface area contributed by atoms with Crippen molar-refractivity contribution in [2.75, 3.05) is 7.11 Å². The molecule has 0 aliphatic carbocycles. The molecule has 0 aromatic carbocycles. The van der Waals surface area contributed by atoms with Gasteiger partial charge in [-0.1, -0.05) is 19.4 Å². The van der Waals surface area contributed by atoms with Crippen molar-refractivity contribution >= 4 is 0 Å². The van der Waals surface area contributed by atoms with Crippen molar-refractivity contribution in [3.05, 3.63) is 12.7 Å². The second-order valence-electron chi connectivity index (χ2n) is 2.75. The molecule has 0 amide bonds. The Morgan fingerprint density at radius 3 is 2.64 bits per heavy atom. The second-order valence-corrected chi connectivity index (χ2v) is 2.75. The second kappa shape index (κ2) is 6.38. The van der Waals surface area contributed by atoms with Crippen LogP contribution in [0.1, 0.15) is 26.2 Å². The van der Waals surface area contributed by atoms with Crippen LogP contribution in [0.15, 0.2) is 12.7 Å². The van der Waals surface area contributed by atoms with Crippen LogP contribution in [0.3, 0.4) is 0 Å². The van der Waals surface area contributed by atoms with Gasteiger partial charge in [-0.15, -0.1) is 6.58 Å². The molecule has 0 spiro atoms. The summed E-state index contributed by atoms with van der Waals surface area (Å²) in [6.45, 7) is 5.77. The van der Waals surface area contributed by atoms with E-state index in [2.05, 4.69) is 13.5 Å².